The van der Waals surface area contributed by atoms with Gasteiger partial charge >= 0.3 is 0 Å². The molecule has 0 amide bonds. The van der Waals surface area contributed by atoms with Gasteiger partial charge in [-0.1, -0.05) is 0 Å². The Morgan fingerprint density at radius 1 is 1.45 bits per heavy atom. The number of alkyl halides is 1. The van der Waals surface area contributed by atoms with Crippen molar-refractivity contribution in [3.05, 3.63) is 29.6 Å². The Bertz CT molecular complexity index is 663. The molecule has 1 saturated heterocycles. The summed E-state index contributed by atoms with van der Waals surface area (Å²) >= 11 is 6.17. The predicted octanol–water partition coefficient (Wildman–Crippen LogP) is 3.75. The lowest BCUT2D eigenvalue weighted by Gasteiger charge is -2.28. The Morgan fingerprint density at radius 2 is 2.20 bits per heavy atom. The van der Waals surface area contributed by atoms with Crippen LogP contribution in [-0.4, -0.2) is 22.8 Å². The fourth-order valence-corrected chi connectivity index (χ4v) is 2.91. The summed E-state index contributed by atoms with van der Waals surface area (Å²) in [5, 5.41) is -0.401. The van der Waals surface area contributed by atoms with Gasteiger partial charge in [-0.15, -0.1) is 11.6 Å². The standard InChI is InChI=1S/C14H15ClF2N2O/c1-8(15)13-18-10-4-3-9(16)11(17)12(10)19(13)14(2)5-6-20-7-14/h3-4,8H,5-7H2,1-2H3. The van der Waals surface area contributed by atoms with E-state index < -0.39 is 22.6 Å². The van der Waals surface area contributed by atoms with Crippen LogP contribution in [-0.2, 0) is 10.3 Å². The number of fused-ring (bicyclic) bond motifs is 1. The highest BCUT2D eigenvalue weighted by Crippen LogP contribution is 2.36. The number of benzene rings is 1. The van der Waals surface area contributed by atoms with Crippen LogP contribution in [0.5, 0.6) is 0 Å². The average Bonchev–Trinajstić information content (AvgIpc) is 2.98. The van der Waals surface area contributed by atoms with Gasteiger partial charge in [0, 0.05) is 6.61 Å². The molecule has 3 rings (SSSR count). The second kappa shape index (κ2) is 4.67. The van der Waals surface area contributed by atoms with E-state index in [1.54, 1.807) is 11.5 Å². The van der Waals surface area contributed by atoms with E-state index in [1.807, 2.05) is 6.92 Å². The van der Waals surface area contributed by atoms with Crippen molar-refractivity contribution in [3.63, 3.8) is 0 Å². The van der Waals surface area contributed by atoms with E-state index in [1.165, 1.54) is 6.07 Å². The van der Waals surface area contributed by atoms with Gasteiger partial charge in [0.15, 0.2) is 11.6 Å². The van der Waals surface area contributed by atoms with Crippen LogP contribution in [0.1, 0.15) is 31.5 Å². The van der Waals surface area contributed by atoms with E-state index in [2.05, 4.69) is 4.98 Å². The number of hydrogen-bond donors (Lipinski definition) is 0. The molecular formula is C14H15ClF2N2O. The fourth-order valence-electron chi connectivity index (χ4n) is 2.77. The summed E-state index contributed by atoms with van der Waals surface area (Å²) in [6, 6.07) is 2.57. The van der Waals surface area contributed by atoms with E-state index in [0.717, 1.165) is 6.07 Å². The third-order valence-electron chi connectivity index (χ3n) is 3.83. The van der Waals surface area contributed by atoms with Crippen LogP contribution in [0.25, 0.3) is 11.0 Å². The van der Waals surface area contributed by atoms with Gasteiger partial charge in [0.1, 0.15) is 11.3 Å². The SMILES string of the molecule is CC(Cl)c1nc2ccc(F)c(F)c2n1C1(C)CCOC1. The van der Waals surface area contributed by atoms with Crippen LogP contribution in [0.2, 0.25) is 0 Å². The molecule has 1 aliphatic heterocycles. The summed E-state index contributed by atoms with van der Waals surface area (Å²) < 4.78 is 35.0. The van der Waals surface area contributed by atoms with E-state index in [9.17, 15) is 8.78 Å². The maximum Gasteiger partial charge on any atom is 0.184 e. The topological polar surface area (TPSA) is 27.1 Å². The molecule has 1 aromatic heterocycles. The third kappa shape index (κ3) is 1.91. The lowest BCUT2D eigenvalue weighted by Crippen LogP contribution is -2.32. The van der Waals surface area contributed by atoms with E-state index >= 15 is 0 Å². The van der Waals surface area contributed by atoms with Gasteiger partial charge < -0.3 is 9.30 Å². The molecule has 2 atom stereocenters. The van der Waals surface area contributed by atoms with Crippen molar-refractivity contribution in [1.29, 1.82) is 0 Å². The maximum atomic E-state index is 14.2. The summed E-state index contributed by atoms with van der Waals surface area (Å²) in [6.45, 7) is 4.75. The fraction of sp³-hybridized carbons (Fsp3) is 0.500. The van der Waals surface area contributed by atoms with E-state index in [0.29, 0.717) is 31.0 Å². The molecule has 108 valence electrons. The van der Waals surface area contributed by atoms with Crippen LogP contribution in [0.4, 0.5) is 8.78 Å². The second-order valence-electron chi connectivity index (χ2n) is 5.45. The Hall–Kier alpha value is -1.20. The van der Waals surface area contributed by atoms with Gasteiger partial charge in [0.05, 0.1) is 23.0 Å². The molecule has 0 aliphatic carbocycles. The molecule has 3 nitrogen and oxygen atoms in total. The monoisotopic (exact) mass is 300 g/mol. The molecule has 0 saturated carbocycles. The minimum Gasteiger partial charge on any atom is -0.379 e. The largest absolute Gasteiger partial charge is 0.379 e. The van der Waals surface area contributed by atoms with E-state index in [4.69, 9.17) is 16.3 Å². The quantitative estimate of drug-likeness (QED) is 0.790. The molecule has 1 aliphatic rings. The summed E-state index contributed by atoms with van der Waals surface area (Å²) in [5.74, 6) is -1.22. The van der Waals surface area contributed by atoms with Crippen LogP contribution >= 0.6 is 11.6 Å². The Kier molecular flexibility index (Phi) is 3.21. The molecule has 20 heavy (non-hydrogen) atoms. The Labute approximate surface area is 120 Å². The average molecular weight is 301 g/mol. The highest BCUT2D eigenvalue weighted by atomic mass is 35.5. The molecular weight excluding hydrogens is 286 g/mol. The second-order valence-corrected chi connectivity index (χ2v) is 6.10. The first-order chi connectivity index (χ1) is 9.44. The lowest BCUT2D eigenvalue weighted by atomic mass is 10.0. The molecule has 1 aromatic carbocycles. The maximum absolute atomic E-state index is 14.2. The van der Waals surface area contributed by atoms with Gasteiger partial charge in [-0.25, -0.2) is 13.8 Å². The molecule has 2 aromatic rings. The molecule has 0 spiro atoms. The van der Waals surface area contributed by atoms with Crippen molar-refractivity contribution >= 4 is 22.6 Å². The number of halogens is 3. The first kappa shape index (κ1) is 13.8. The zero-order valence-electron chi connectivity index (χ0n) is 11.3. The van der Waals surface area contributed by atoms with Gasteiger partial charge in [-0.2, -0.15) is 0 Å². The number of hydrogen-bond acceptors (Lipinski definition) is 2. The Morgan fingerprint density at radius 3 is 2.80 bits per heavy atom. The molecule has 2 heterocycles. The predicted molar refractivity (Wildman–Crippen MR) is 73.0 cm³/mol. The van der Waals surface area contributed by atoms with Crippen molar-refractivity contribution in [3.8, 4) is 0 Å². The van der Waals surface area contributed by atoms with Crippen molar-refractivity contribution in [2.45, 2.75) is 31.2 Å². The van der Waals surface area contributed by atoms with Crippen LogP contribution in [0.3, 0.4) is 0 Å². The zero-order chi connectivity index (χ0) is 14.5. The smallest absolute Gasteiger partial charge is 0.184 e. The highest BCUT2D eigenvalue weighted by Gasteiger charge is 2.37. The van der Waals surface area contributed by atoms with Crippen LogP contribution < -0.4 is 0 Å². The minimum absolute atomic E-state index is 0.167. The minimum atomic E-state index is -0.883. The number of ether oxygens (including phenoxy) is 1. The van der Waals surface area contributed by atoms with Crippen LogP contribution in [0, 0.1) is 11.6 Å². The van der Waals surface area contributed by atoms with Gasteiger partial charge in [-0.3, -0.25) is 0 Å². The van der Waals surface area contributed by atoms with E-state index in [-0.39, 0.29) is 5.52 Å². The van der Waals surface area contributed by atoms with Crippen molar-refractivity contribution in [2.75, 3.05) is 13.2 Å². The van der Waals surface area contributed by atoms with Gasteiger partial charge in [-0.05, 0) is 32.4 Å². The first-order valence-corrected chi connectivity index (χ1v) is 6.96. The number of aromatic nitrogens is 2. The van der Waals surface area contributed by atoms with Gasteiger partial charge in [0.25, 0.3) is 0 Å². The first-order valence-electron chi connectivity index (χ1n) is 6.53. The number of rotatable bonds is 2. The number of imidazole rings is 1. The molecule has 0 radical (unpaired) electrons. The molecule has 6 heteroatoms. The molecule has 2 unspecified atom stereocenters. The van der Waals surface area contributed by atoms with Crippen molar-refractivity contribution in [2.24, 2.45) is 0 Å². The summed E-state index contributed by atoms with van der Waals surface area (Å²) in [5.41, 5.74) is 0.127. The van der Waals surface area contributed by atoms with Gasteiger partial charge in [0.2, 0.25) is 0 Å². The lowest BCUT2D eigenvalue weighted by molar-refractivity contribution is 0.161. The highest BCUT2D eigenvalue weighted by molar-refractivity contribution is 6.20. The van der Waals surface area contributed by atoms with Crippen LogP contribution in [0.15, 0.2) is 12.1 Å². The number of nitrogens with zero attached hydrogens (tertiary/aromatic N) is 2. The molecule has 0 N–H and O–H groups in total. The molecule has 1 fully saturated rings. The summed E-state index contributed by atoms with van der Waals surface area (Å²) in [7, 11) is 0. The third-order valence-corrected chi connectivity index (χ3v) is 4.02. The Balaban J connectivity index is 2.36. The molecule has 0 bridgehead atoms. The van der Waals surface area contributed by atoms with Crippen molar-refractivity contribution in [1.82, 2.24) is 9.55 Å². The summed E-state index contributed by atoms with van der Waals surface area (Å²) in [6.07, 6.45) is 0.713. The normalized spacial score (nSPS) is 24.4. The summed E-state index contributed by atoms with van der Waals surface area (Å²) in [4.78, 5) is 4.37. The zero-order valence-corrected chi connectivity index (χ0v) is 12.0. The van der Waals surface area contributed by atoms with Crippen molar-refractivity contribution < 1.29 is 13.5 Å².